The van der Waals surface area contributed by atoms with Crippen LogP contribution >= 0.6 is 0 Å². The summed E-state index contributed by atoms with van der Waals surface area (Å²) in [6.45, 7) is 0.995. The second-order valence-electron chi connectivity index (χ2n) is 5.56. The number of hydrogen-bond acceptors (Lipinski definition) is 3. The number of piperidine rings is 1. The number of alkyl halides is 3. The maximum Gasteiger partial charge on any atom is 0.417 e. The topological polar surface area (TPSA) is 52.1 Å². The average molecular weight is 299 g/mol. The van der Waals surface area contributed by atoms with Gasteiger partial charge < -0.3 is 5.11 Å². The number of benzene rings is 1. The third-order valence-corrected chi connectivity index (χ3v) is 4.17. The zero-order valence-corrected chi connectivity index (χ0v) is 11.3. The van der Waals surface area contributed by atoms with Crippen LogP contribution in [0.5, 0.6) is 0 Å². The third kappa shape index (κ3) is 2.63. The maximum absolute atomic E-state index is 12.8. The van der Waals surface area contributed by atoms with E-state index >= 15 is 0 Å². The smallest absolute Gasteiger partial charge is 0.380 e. The van der Waals surface area contributed by atoms with Gasteiger partial charge in [-0.05, 0) is 18.4 Å². The molecule has 0 atom stereocenters. The number of hydrogen-bond donors (Lipinski definition) is 2. The van der Waals surface area contributed by atoms with E-state index in [4.69, 9.17) is 0 Å². The molecule has 7 heteroatoms. The Morgan fingerprint density at radius 3 is 2.67 bits per heavy atom. The molecule has 0 bridgehead atoms. The molecule has 1 fully saturated rings. The minimum Gasteiger partial charge on any atom is -0.380 e. The van der Waals surface area contributed by atoms with Crippen molar-refractivity contribution < 1.29 is 18.3 Å². The molecule has 0 spiro atoms. The van der Waals surface area contributed by atoms with Crippen LogP contribution in [-0.2, 0) is 6.54 Å². The molecule has 1 aliphatic rings. The first-order chi connectivity index (χ1) is 9.89. The predicted octanol–water partition coefficient (Wildman–Crippen LogP) is 2.45. The molecule has 21 heavy (non-hydrogen) atoms. The van der Waals surface area contributed by atoms with E-state index in [1.165, 1.54) is 0 Å². The second kappa shape index (κ2) is 4.99. The minimum absolute atomic E-state index is 0.223. The van der Waals surface area contributed by atoms with E-state index in [9.17, 15) is 18.3 Å². The molecular formula is C14H16F3N3O. The van der Waals surface area contributed by atoms with Gasteiger partial charge in [0.25, 0.3) is 0 Å². The van der Waals surface area contributed by atoms with Crippen molar-refractivity contribution in [3.8, 4) is 0 Å². The molecule has 0 radical (unpaired) electrons. The zero-order valence-electron chi connectivity index (χ0n) is 11.3. The van der Waals surface area contributed by atoms with Crippen molar-refractivity contribution in [1.29, 1.82) is 0 Å². The van der Waals surface area contributed by atoms with E-state index < -0.39 is 11.8 Å². The van der Waals surface area contributed by atoms with Crippen molar-refractivity contribution in [2.24, 2.45) is 0 Å². The molecule has 1 aromatic heterocycles. The fourth-order valence-corrected chi connectivity index (χ4v) is 2.77. The summed E-state index contributed by atoms with van der Waals surface area (Å²) in [7, 11) is 0. The molecule has 2 heterocycles. The van der Waals surface area contributed by atoms with Crippen LogP contribution in [0, 0.1) is 0 Å². The molecule has 0 unspecified atom stereocenters. The number of nitrogens with one attached hydrogen (secondary N) is 1. The molecule has 0 aliphatic carbocycles. The number of aromatic nitrogens is 2. The summed E-state index contributed by atoms with van der Waals surface area (Å²) in [6.07, 6.45) is -3.40. The number of nitrogens with zero attached hydrogens (tertiary/aromatic N) is 2. The van der Waals surface area contributed by atoms with E-state index in [-0.39, 0.29) is 25.9 Å². The summed E-state index contributed by atoms with van der Waals surface area (Å²) >= 11 is 0. The summed E-state index contributed by atoms with van der Waals surface area (Å²) in [4.78, 5) is 1.93. The van der Waals surface area contributed by atoms with E-state index in [1.54, 1.807) is 6.20 Å². The molecule has 2 N–H and O–H groups in total. The molecular weight excluding hydrogens is 283 g/mol. The number of H-pyrrole nitrogens is 1. The molecule has 0 amide bonds. The van der Waals surface area contributed by atoms with E-state index in [2.05, 4.69) is 10.2 Å². The molecule has 1 aromatic carbocycles. The van der Waals surface area contributed by atoms with Gasteiger partial charge in [-0.1, -0.05) is 18.2 Å². The number of aliphatic hydroxyl groups is 1. The lowest BCUT2D eigenvalue weighted by molar-refractivity contribution is -0.272. The van der Waals surface area contributed by atoms with E-state index in [0.717, 1.165) is 16.5 Å². The van der Waals surface area contributed by atoms with Crippen LogP contribution in [0.4, 0.5) is 13.2 Å². The molecule has 0 saturated carbocycles. The van der Waals surface area contributed by atoms with Crippen LogP contribution in [0.25, 0.3) is 10.9 Å². The summed E-state index contributed by atoms with van der Waals surface area (Å²) in [5, 5.41) is 17.5. The van der Waals surface area contributed by atoms with Gasteiger partial charge in [-0.3, -0.25) is 10.00 Å². The molecule has 1 aliphatic heterocycles. The number of rotatable bonds is 2. The normalized spacial score (nSPS) is 20.0. The third-order valence-electron chi connectivity index (χ3n) is 4.17. The molecule has 2 aromatic rings. The summed E-state index contributed by atoms with van der Waals surface area (Å²) in [5.41, 5.74) is -0.625. The van der Waals surface area contributed by atoms with Gasteiger partial charge in [0.05, 0.1) is 11.7 Å². The second-order valence-corrected chi connectivity index (χ2v) is 5.56. The Bertz CT molecular complexity index is 630. The fraction of sp³-hybridized carbons (Fsp3) is 0.500. The Kier molecular flexibility index (Phi) is 3.41. The highest BCUT2D eigenvalue weighted by atomic mass is 19.4. The number of fused-ring (bicyclic) bond motifs is 1. The lowest BCUT2D eigenvalue weighted by atomic mass is 9.90. The lowest BCUT2D eigenvalue weighted by Gasteiger charge is -2.39. The highest BCUT2D eigenvalue weighted by Crippen LogP contribution is 2.38. The Morgan fingerprint density at radius 2 is 2.00 bits per heavy atom. The fourth-order valence-electron chi connectivity index (χ4n) is 2.77. The van der Waals surface area contributed by atoms with Crippen molar-refractivity contribution in [3.05, 3.63) is 30.0 Å². The van der Waals surface area contributed by atoms with Crippen LogP contribution in [-0.4, -0.2) is 45.1 Å². The average Bonchev–Trinajstić information content (AvgIpc) is 2.90. The Hall–Kier alpha value is -1.60. The number of para-hydroxylation sites is 1. The SMILES string of the molecule is OC1(C(F)(F)F)CCN(Cc2cccc3cn[nH]c23)CC1. The van der Waals surface area contributed by atoms with Gasteiger partial charge in [-0.25, -0.2) is 0 Å². The maximum atomic E-state index is 12.8. The highest BCUT2D eigenvalue weighted by Gasteiger charge is 2.54. The Morgan fingerprint density at radius 1 is 1.29 bits per heavy atom. The van der Waals surface area contributed by atoms with Crippen LogP contribution < -0.4 is 0 Å². The number of aromatic amines is 1. The minimum atomic E-state index is -4.55. The van der Waals surface area contributed by atoms with Gasteiger partial charge in [-0.2, -0.15) is 18.3 Å². The van der Waals surface area contributed by atoms with Gasteiger partial charge in [-0.15, -0.1) is 0 Å². The summed E-state index contributed by atoms with van der Waals surface area (Å²) in [6, 6.07) is 5.77. The summed E-state index contributed by atoms with van der Waals surface area (Å²) < 4.78 is 38.3. The lowest BCUT2D eigenvalue weighted by Crippen LogP contribution is -2.53. The monoisotopic (exact) mass is 299 g/mol. The van der Waals surface area contributed by atoms with Crippen LogP contribution in [0.15, 0.2) is 24.4 Å². The quantitative estimate of drug-likeness (QED) is 0.895. The van der Waals surface area contributed by atoms with Gasteiger partial charge in [0.2, 0.25) is 0 Å². The standard InChI is InChI=1S/C14H16F3N3O/c15-14(16,17)13(21)4-6-20(7-5-13)9-11-3-1-2-10-8-18-19-12(10)11/h1-3,8,21H,4-7,9H2,(H,18,19). The first kappa shape index (κ1) is 14.3. The van der Waals surface area contributed by atoms with E-state index in [0.29, 0.717) is 6.54 Å². The van der Waals surface area contributed by atoms with Crippen molar-refractivity contribution in [1.82, 2.24) is 15.1 Å². The molecule has 3 rings (SSSR count). The van der Waals surface area contributed by atoms with Crippen LogP contribution in [0.1, 0.15) is 18.4 Å². The van der Waals surface area contributed by atoms with Gasteiger partial charge >= 0.3 is 6.18 Å². The molecule has 1 saturated heterocycles. The molecule has 4 nitrogen and oxygen atoms in total. The Balaban J connectivity index is 1.70. The predicted molar refractivity (Wildman–Crippen MR) is 71.6 cm³/mol. The first-order valence-electron chi connectivity index (χ1n) is 6.81. The van der Waals surface area contributed by atoms with Crippen molar-refractivity contribution in [2.75, 3.05) is 13.1 Å². The van der Waals surface area contributed by atoms with Gasteiger partial charge in [0.15, 0.2) is 5.60 Å². The number of likely N-dealkylation sites (tertiary alicyclic amines) is 1. The summed E-state index contributed by atoms with van der Waals surface area (Å²) in [5.74, 6) is 0. The van der Waals surface area contributed by atoms with Gasteiger partial charge in [0.1, 0.15) is 0 Å². The molecule has 114 valence electrons. The van der Waals surface area contributed by atoms with E-state index in [1.807, 2.05) is 23.1 Å². The largest absolute Gasteiger partial charge is 0.417 e. The first-order valence-corrected chi connectivity index (χ1v) is 6.81. The van der Waals surface area contributed by atoms with Crippen LogP contribution in [0.3, 0.4) is 0 Å². The van der Waals surface area contributed by atoms with Crippen LogP contribution in [0.2, 0.25) is 0 Å². The van der Waals surface area contributed by atoms with Crippen molar-refractivity contribution in [2.45, 2.75) is 31.2 Å². The Labute approximate surface area is 119 Å². The highest BCUT2D eigenvalue weighted by molar-refractivity contribution is 5.81. The van der Waals surface area contributed by atoms with Crippen molar-refractivity contribution in [3.63, 3.8) is 0 Å². The number of halogens is 3. The zero-order chi connectivity index (χ0) is 15.1. The van der Waals surface area contributed by atoms with Crippen molar-refractivity contribution >= 4 is 10.9 Å². The van der Waals surface area contributed by atoms with Gasteiger partial charge in [0, 0.05) is 25.0 Å².